The third-order valence-corrected chi connectivity index (χ3v) is 5.84. The van der Waals surface area contributed by atoms with Crippen LogP contribution in [0.5, 0.6) is 0 Å². The molecule has 1 aromatic carbocycles. The first-order chi connectivity index (χ1) is 16.2. The maximum absolute atomic E-state index is 13.6. The van der Waals surface area contributed by atoms with Crippen molar-refractivity contribution >= 4 is 17.3 Å². The van der Waals surface area contributed by atoms with Gasteiger partial charge in [0.2, 0.25) is 5.95 Å². The molecular formula is C22H17F3N8O. The molecule has 172 valence electrons. The lowest BCUT2D eigenvalue weighted by Gasteiger charge is -2.47. The highest BCUT2D eigenvalue weighted by Gasteiger charge is 2.43. The number of anilines is 2. The largest absolute Gasteiger partial charge is 0.418 e. The van der Waals surface area contributed by atoms with E-state index in [1.165, 1.54) is 10.8 Å². The second kappa shape index (κ2) is 7.58. The van der Waals surface area contributed by atoms with Crippen molar-refractivity contribution in [3.63, 3.8) is 0 Å². The molecule has 1 fully saturated rings. The van der Waals surface area contributed by atoms with Crippen LogP contribution in [0.15, 0.2) is 53.6 Å². The Morgan fingerprint density at radius 3 is 2.59 bits per heavy atom. The third kappa shape index (κ3) is 3.24. The molecule has 0 amide bonds. The Balaban J connectivity index is 1.78. The average molecular weight is 466 g/mol. The maximum atomic E-state index is 13.6. The monoisotopic (exact) mass is 466 g/mol. The molecule has 4 heterocycles. The summed E-state index contributed by atoms with van der Waals surface area (Å²) in [6.45, 7) is 2.39. The van der Waals surface area contributed by atoms with Crippen LogP contribution in [0.25, 0.3) is 11.2 Å². The van der Waals surface area contributed by atoms with Crippen molar-refractivity contribution in [1.29, 1.82) is 5.26 Å². The minimum absolute atomic E-state index is 0.0311. The zero-order valence-electron chi connectivity index (χ0n) is 17.7. The van der Waals surface area contributed by atoms with Gasteiger partial charge in [-0.15, -0.1) is 0 Å². The number of aromatic nitrogens is 5. The lowest BCUT2D eigenvalue weighted by atomic mass is 9.89. The minimum Gasteiger partial charge on any atom is -0.368 e. The quantitative estimate of drug-likeness (QED) is 0.493. The highest BCUT2D eigenvalue weighted by Crippen LogP contribution is 2.42. The van der Waals surface area contributed by atoms with Gasteiger partial charge in [0, 0.05) is 18.7 Å². The summed E-state index contributed by atoms with van der Waals surface area (Å²) in [6, 6.07) is 10.6. The van der Waals surface area contributed by atoms with Crippen molar-refractivity contribution in [2.75, 3.05) is 17.2 Å². The number of hydrogen-bond acceptors (Lipinski definition) is 7. The van der Waals surface area contributed by atoms with Gasteiger partial charge in [0.05, 0.1) is 23.5 Å². The van der Waals surface area contributed by atoms with Crippen molar-refractivity contribution in [2.45, 2.75) is 19.1 Å². The van der Waals surface area contributed by atoms with Crippen molar-refractivity contribution in [3.8, 4) is 11.8 Å². The summed E-state index contributed by atoms with van der Waals surface area (Å²) in [5.41, 5.74) is 3.81. The molecule has 9 nitrogen and oxygen atoms in total. The van der Waals surface area contributed by atoms with E-state index in [2.05, 4.69) is 15.1 Å². The van der Waals surface area contributed by atoms with Crippen LogP contribution in [0.2, 0.25) is 0 Å². The Labute approximate surface area is 190 Å². The van der Waals surface area contributed by atoms with Gasteiger partial charge in [-0.2, -0.15) is 28.5 Å². The fourth-order valence-corrected chi connectivity index (χ4v) is 4.32. The number of fused-ring (bicyclic) bond motifs is 1. The summed E-state index contributed by atoms with van der Waals surface area (Å²) in [5.74, 6) is 0.402. The van der Waals surface area contributed by atoms with E-state index in [1.54, 1.807) is 35.2 Å². The first-order valence-electron chi connectivity index (χ1n) is 10.3. The van der Waals surface area contributed by atoms with E-state index in [4.69, 9.17) is 5.73 Å². The van der Waals surface area contributed by atoms with E-state index in [0.29, 0.717) is 12.2 Å². The molecule has 2 N–H and O–H groups in total. The van der Waals surface area contributed by atoms with E-state index in [-0.39, 0.29) is 29.1 Å². The van der Waals surface area contributed by atoms with Crippen molar-refractivity contribution in [2.24, 2.45) is 5.92 Å². The molecule has 2 atom stereocenters. The zero-order chi connectivity index (χ0) is 24.2. The van der Waals surface area contributed by atoms with Crippen LogP contribution < -0.4 is 16.2 Å². The van der Waals surface area contributed by atoms with Crippen LogP contribution in [-0.4, -0.2) is 30.7 Å². The molecule has 0 unspecified atom stereocenters. The summed E-state index contributed by atoms with van der Waals surface area (Å²) in [5, 5.41) is 14.0. The van der Waals surface area contributed by atoms with E-state index in [9.17, 15) is 23.2 Å². The lowest BCUT2D eigenvalue weighted by molar-refractivity contribution is -0.136. The van der Waals surface area contributed by atoms with Crippen molar-refractivity contribution < 1.29 is 13.2 Å². The SMILES string of the molecule is C[C@H]1CN(c2nc(N)ncc2C#N)[C@@H]1c1nn2ccc(C(F)(F)F)c2c(=O)n1-c1ccccc1. The van der Waals surface area contributed by atoms with Gasteiger partial charge in [-0.1, -0.05) is 25.1 Å². The first-order valence-corrected chi connectivity index (χ1v) is 10.3. The van der Waals surface area contributed by atoms with Gasteiger partial charge < -0.3 is 10.6 Å². The Kier molecular flexibility index (Phi) is 4.78. The molecule has 34 heavy (non-hydrogen) atoms. The van der Waals surface area contributed by atoms with E-state index < -0.39 is 28.9 Å². The molecule has 3 aromatic heterocycles. The molecule has 1 saturated heterocycles. The van der Waals surface area contributed by atoms with Crippen LogP contribution in [0.4, 0.5) is 24.9 Å². The number of nitriles is 1. The first kappa shape index (κ1) is 21.4. The molecule has 1 aliphatic heterocycles. The van der Waals surface area contributed by atoms with Crippen LogP contribution in [0.3, 0.4) is 0 Å². The summed E-state index contributed by atoms with van der Waals surface area (Å²) < 4.78 is 43.0. The number of hydrogen-bond donors (Lipinski definition) is 1. The molecule has 0 saturated carbocycles. The average Bonchev–Trinajstić information content (AvgIpc) is 3.23. The van der Waals surface area contributed by atoms with Gasteiger partial charge in [0.15, 0.2) is 11.6 Å². The Hall–Kier alpha value is -4.40. The molecule has 0 spiro atoms. The van der Waals surface area contributed by atoms with Crippen molar-refractivity contribution in [3.05, 3.63) is 76.1 Å². The molecule has 12 heteroatoms. The van der Waals surface area contributed by atoms with Crippen LogP contribution >= 0.6 is 0 Å². The summed E-state index contributed by atoms with van der Waals surface area (Å²) >= 11 is 0. The Morgan fingerprint density at radius 1 is 1.21 bits per heavy atom. The molecular weight excluding hydrogens is 449 g/mol. The Morgan fingerprint density at radius 2 is 1.94 bits per heavy atom. The van der Waals surface area contributed by atoms with E-state index >= 15 is 0 Å². The van der Waals surface area contributed by atoms with Gasteiger partial charge in [-0.25, -0.2) is 9.50 Å². The van der Waals surface area contributed by atoms with Gasteiger partial charge in [0.1, 0.15) is 17.1 Å². The topological polar surface area (TPSA) is 118 Å². The fourth-order valence-electron chi connectivity index (χ4n) is 4.32. The smallest absolute Gasteiger partial charge is 0.368 e. The highest BCUT2D eigenvalue weighted by atomic mass is 19.4. The number of alkyl halides is 3. The number of para-hydroxylation sites is 1. The van der Waals surface area contributed by atoms with Crippen LogP contribution in [-0.2, 0) is 6.18 Å². The number of halogens is 3. The third-order valence-electron chi connectivity index (χ3n) is 5.84. The molecule has 0 bridgehead atoms. The van der Waals surface area contributed by atoms with Crippen molar-refractivity contribution in [1.82, 2.24) is 24.1 Å². The maximum Gasteiger partial charge on any atom is 0.418 e. The van der Waals surface area contributed by atoms with E-state index in [0.717, 1.165) is 16.8 Å². The molecule has 1 aliphatic rings. The summed E-state index contributed by atoms with van der Waals surface area (Å²) in [6.07, 6.45) is -2.29. The molecule has 4 aromatic rings. The number of nitrogens with zero attached hydrogens (tertiary/aromatic N) is 7. The molecule has 5 rings (SSSR count). The molecule has 0 aliphatic carbocycles. The van der Waals surface area contributed by atoms with Crippen LogP contribution in [0, 0.1) is 17.2 Å². The predicted octanol–water partition coefficient (Wildman–Crippen LogP) is 2.95. The summed E-state index contributed by atoms with van der Waals surface area (Å²) in [4.78, 5) is 23.3. The Bertz CT molecular complexity index is 1500. The highest BCUT2D eigenvalue weighted by molar-refractivity contribution is 5.60. The normalized spacial score (nSPS) is 18.0. The second-order valence-electron chi connectivity index (χ2n) is 8.01. The fraction of sp³-hybridized carbons (Fsp3) is 0.227. The van der Waals surface area contributed by atoms with Gasteiger partial charge >= 0.3 is 6.18 Å². The number of nitrogen functional groups attached to an aromatic ring is 1. The van der Waals surface area contributed by atoms with Gasteiger partial charge in [0.25, 0.3) is 5.56 Å². The molecule has 0 radical (unpaired) electrons. The van der Waals surface area contributed by atoms with E-state index in [1.807, 2.05) is 13.0 Å². The van der Waals surface area contributed by atoms with Gasteiger partial charge in [-0.05, 0) is 18.2 Å². The number of rotatable bonds is 3. The standard InChI is InChI=1S/C22H17F3N8O/c1-12-11-31(18-13(9-26)10-28-21(27)29-18)16(12)19-30-32-8-7-15(22(23,24)25)17(32)20(34)33(19)14-5-3-2-4-6-14/h2-8,10,12,16H,11H2,1H3,(H2,27,28,29)/t12-,16-/m0/s1. The lowest BCUT2D eigenvalue weighted by Crippen LogP contribution is -2.51. The minimum atomic E-state index is -4.72. The summed E-state index contributed by atoms with van der Waals surface area (Å²) in [7, 11) is 0. The zero-order valence-corrected chi connectivity index (χ0v) is 17.7. The second-order valence-corrected chi connectivity index (χ2v) is 8.01. The number of nitrogens with two attached hydrogens (primary N) is 1. The van der Waals surface area contributed by atoms with Crippen LogP contribution in [0.1, 0.15) is 29.9 Å². The van der Waals surface area contributed by atoms with Gasteiger partial charge in [-0.3, -0.25) is 9.36 Å². The number of benzene rings is 1. The predicted molar refractivity (Wildman–Crippen MR) is 116 cm³/mol.